The van der Waals surface area contributed by atoms with Crippen LogP contribution in [0.2, 0.25) is 0 Å². The Balaban J connectivity index is 1.69. The summed E-state index contributed by atoms with van der Waals surface area (Å²) < 4.78 is 69.3. The van der Waals surface area contributed by atoms with E-state index in [-0.39, 0.29) is 23.6 Å². The van der Waals surface area contributed by atoms with Crippen LogP contribution in [0.3, 0.4) is 0 Å². The minimum atomic E-state index is -4.59. The van der Waals surface area contributed by atoms with E-state index in [4.69, 9.17) is 4.18 Å². The van der Waals surface area contributed by atoms with Gasteiger partial charge in [-0.15, -0.1) is 0 Å². The highest BCUT2D eigenvalue weighted by atomic mass is 127. The standard InChI is InChI=1S/C22H16F3IN2O4S/c23-22(24,25)17-7-11-19(12-8-17)33(30,31)32-20-4-2-1-3-16(20)14-27-28-21(29)13-15-5-9-18(26)10-6-15/h1-12,14H,13H2,(H,28,29). The summed E-state index contributed by atoms with van der Waals surface area (Å²) in [7, 11) is -4.40. The van der Waals surface area contributed by atoms with Gasteiger partial charge in [0.05, 0.1) is 18.2 Å². The first-order valence-electron chi connectivity index (χ1n) is 9.32. The summed E-state index contributed by atoms with van der Waals surface area (Å²) in [6.45, 7) is 0. The molecule has 0 aliphatic heterocycles. The molecule has 0 aromatic heterocycles. The molecule has 6 nitrogen and oxygen atoms in total. The number of alkyl halides is 3. The molecule has 33 heavy (non-hydrogen) atoms. The summed E-state index contributed by atoms with van der Waals surface area (Å²) in [5, 5.41) is 3.83. The summed E-state index contributed by atoms with van der Waals surface area (Å²) in [6, 6.07) is 16.3. The first-order chi connectivity index (χ1) is 15.5. The van der Waals surface area contributed by atoms with Crippen molar-refractivity contribution in [2.45, 2.75) is 17.5 Å². The average Bonchev–Trinajstić information content (AvgIpc) is 2.76. The van der Waals surface area contributed by atoms with Crippen molar-refractivity contribution in [2.24, 2.45) is 5.10 Å². The molecular formula is C22H16F3IN2O4S. The lowest BCUT2D eigenvalue weighted by Crippen LogP contribution is -2.19. The van der Waals surface area contributed by atoms with Crippen molar-refractivity contribution in [3.63, 3.8) is 0 Å². The molecule has 0 atom stereocenters. The van der Waals surface area contributed by atoms with Crippen LogP contribution >= 0.6 is 22.6 Å². The maximum absolute atomic E-state index is 12.7. The quantitative estimate of drug-likeness (QED) is 0.187. The van der Waals surface area contributed by atoms with E-state index in [1.54, 1.807) is 6.07 Å². The van der Waals surface area contributed by atoms with Gasteiger partial charge >= 0.3 is 16.3 Å². The minimum Gasteiger partial charge on any atom is -0.378 e. The van der Waals surface area contributed by atoms with E-state index in [0.29, 0.717) is 12.1 Å². The number of carbonyl (C=O) groups is 1. The van der Waals surface area contributed by atoms with Gasteiger partial charge in [-0.1, -0.05) is 24.3 Å². The minimum absolute atomic E-state index is 0.104. The fraction of sp³-hybridized carbons (Fsp3) is 0.0909. The number of hydrogen-bond acceptors (Lipinski definition) is 5. The van der Waals surface area contributed by atoms with Gasteiger partial charge < -0.3 is 4.18 Å². The summed E-state index contributed by atoms with van der Waals surface area (Å²) in [5.74, 6) is -0.476. The fourth-order valence-electron chi connectivity index (χ4n) is 2.64. The van der Waals surface area contributed by atoms with Gasteiger partial charge in [0.15, 0.2) is 5.75 Å². The second-order valence-electron chi connectivity index (χ2n) is 6.69. The molecule has 1 amide bonds. The number of carbonyl (C=O) groups excluding carboxylic acids is 1. The molecule has 3 aromatic carbocycles. The molecule has 172 valence electrons. The lowest BCUT2D eigenvalue weighted by atomic mass is 10.1. The van der Waals surface area contributed by atoms with E-state index in [1.807, 2.05) is 24.3 Å². The first kappa shape index (κ1) is 24.7. The van der Waals surface area contributed by atoms with Crippen molar-refractivity contribution in [2.75, 3.05) is 0 Å². The predicted molar refractivity (Wildman–Crippen MR) is 124 cm³/mol. The normalized spacial score (nSPS) is 12.0. The number of benzene rings is 3. The molecular weight excluding hydrogens is 572 g/mol. The number of hydrogen-bond donors (Lipinski definition) is 1. The Kier molecular flexibility index (Phi) is 7.74. The summed E-state index contributed by atoms with van der Waals surface area (Å²) >= 11 is 2.16. The van der Waals surface area contributed by atoms with Gasteiger partial charge in [-0.3, -0.25) is 4.79 Å². The van der Waals surface area contributed by atoms with Crippen molar-refractivity contribution >= 4 is 44.8 Å². The second-order valence-corrected chi connectivity index (χ2v) is 9.49. The van der Waals surface area contributed by atoms with Crippen molar-refractivity contribution in [3.8, 4) is 5.75 Å². The van der Waals surface area contributed by atoms with Crippen LogP contribution in [0.25, 0.3) is 0 Å². The molecule has 0 heterocycles. The third-order valence-corrected chi connectivity index (χ3v) is 6.23. The highest BCUT2D eigenvalue weighted by Crippen LogP contribution is 2.30. The Morgan fingerprint density at radius 3 is 2.27 bits per heavy atom. The number of para-hydroxylation sites is 1. The zero-order valence-corrected chi connectivity index (χ0v) is 19.7. The smallest absolute Gasteiger partial charge is 0.378 e. The Bertz CT molecular complexity index is 1260. The summed E-state index contributed by atoms with van der Waals surface area (Å²) in [4.78, 5) is 11.6. The molecule has 0 aliphatic rings. The van der Waals surface area contributed by atoms with E-state index in [2.05, 4.69) is 33.1 Å². The van der Waals surface area contributed by atoms with Gasteiger partial charge in [0, 0.05) is 9.13 Å². The highest BCUT2D eigenvalue weighted by Gasteiger charge is 2.31. The number of hydrazone groups is 1. The van der Waals surface area contributed by atoms with E-state index in [0.717, 1.165) is 21.3 Å². The molecule has 3 rings (SSSR count). The molecule has 0 radical (unpaired) electrons. The third kappa shape index (κ3) is 7.02. The van der Waals surface area contributed by atoms with Gasteiger partial charge in [-0.05, 0) is 76.7 Å². The zero-order chi connectivity index (χ0) is 24.1. The number of nitrogens with zero attached hydrogens (tertiary/aromatic N) is 1. The molecule has 0 fully saturated rings. The maximum Gasteiger partial charge on any atom is 0.416 e. The topological polar surface area (TPSA) is 84.8 Å². The van der Waals surface area contributed by atoms with Crippen LogP contribution in [0.1, 0.15) is 16.7 Å². The molecule has 11 heteroatoms. The van der Waals surface area contributed by atoms with Gasteiger partial charge in [0.25, 0.3) is 0 Å². The molecule has 0 spiro atoms. The van der Waals surface area contributed by atoms with Crippen LogP contribution in [0.4, 0.5) is 13.2 Å². The number of halogens is 4. The highest BCUT2D eigenvalue weighted by molar-refractivity contribution is 14.1. The second kappa shape index (κ2) is 10.3. The van der Waals surface area contributed by atoms with Crippen LogP contribution in [0.15, 0.2) is 82.8 Å². The van der Waals surface area contributed by atoms with Crippen molar-refractivity contribution < 1.29 is 30.6 Å². The molecule has 0 bridgehead atoms. The van der Waals surface area contributed by atoms with Gasteiger partial charge in [-0.2, -0.15) is 26.7 Å². The third-order valence-electron chi connectivity index (χ3n) is 4.26. The Morgan fingerprint density at radius 2 is 1.64 bits per heavy atom. The SMILES string of the molecule is O=C(Cc1ccc(I)cc1)NN=Cc1ccccc1OS(=O)(=O)c1ccc(C(F)(F)F)cc1. The summed E-state index contributed by atoms with van der Waals surface area (Å²) in [6.07, 6.45) is -3.27. The molecule has 0 aliphatic carbocycles. The lowest BCUT2D eigenvalue weighted by molar-refractivity contribution is -0.137. The van der Waals surface area contributed by atoms with Crippen molar-refractivity contribution in [3.05, 3.63) is 93.1 Å². The number of amides is 1. The predicted octanol–water partition coefficient (Wildman–Crippen LogP) is 4.77. The molecule has 3 aromatic rings. The van der Waals surface area contributed by atoms with E-state index in [9.17, 15) is 26.4 Å². The summed E-state index contributed by atoms with van der Waals surface area (Å²) in [5.41, 5.74) is 2.42. The molecule has 0 saturated heterocycles. The molecule has 1 N–H and O–H groups in total. The largest absolute Gasteiger partial charge is 0.416 e. The number of nitrogens with one attached hydrogen (secondary N) is 1. The fourth-order valence-corrected chi connectivity index (χ4v) is 3.95. The van der Waals surface area contributed by atoms with E-state index in [1.165, 1.54) is 24.4 Å². The van der Waals surface area contributed by atoms with Gasteiger partial charge in [-0.25, -0.2) is 5.43 Å². The van der Waals surface area contributed by atoms with E-state index < -0.39 is 26.8 Å². The Hall–Kier alpha value is -2.93. The maximum atomic E-state index is 12.7. The average molecular weight is 588 g/mol. The van der Waals surface area contributed by atoms with Crippen LogP contribution < -0.4 is 9.61 Å². The van der Waals surface area contributed by atoms with E-state index >= 15 is 0 Å². The molecule has 0 saturated carbocycles. The first-order valence-corrected chi connectivity index (χ1v) is 11.8. The van der Waals surface area contributed by atoms with Gasteiger partial charge in [0.1, 0.15) is 4.90 Å². The van der Waals surface area contributed by atoms with Crippen LogP contribution in [-0.2, 0) is 27.5 Å². The van der Waals surface area contributed by atoms with Gasteiger partial charge in [0.2, 0.25) is 5.91 Å². The van der Waals surface area contributed by atoms with Crippen LogP contribution in [0.5, 0.6) is 5.75 Å². The number of rotatable bonds is 7. The lowest BCUT2D eigenvalue weighted by Gasteiger charge is -2.11. The van der Waals surface area contributed by atoms with Crippen molar-refractivity contribution in [1.82, 2.24) is 5.43 Å². The van der Waals surface area contributed by atoms with Crippen molar-refractivity contribution in [1.29, 1.82) is 0 Å². The molecule has 0 unspecified atom stereocenters. The Labute approximate surface area is 201 Å². The van der Waals surface area contributed by atoms with Crippen LogP contribution in [-0.4, -0.2) is 20.5 Å². The Morgan fingerprint density at radius 1 is 1.00 bits per heavy atom. The van der Waals surface area contributed by atoms with Crippen LogP contribution in [0, 0.1) is 3.57 Å². The zero-order valence-electron chi connectivity index (χ0n) is 16.7. The monoisotopic (exact) mass is 588 g/mol.